The molecule has 3 fully saturated rings. The van der Waals surface area contributed by atoms with Crippen LogP contribution in [0, 0.1) is 23.7 Å². The van der Waals surface area contributed by atoms with Gasteiger partial charge in [-0.05, 0) is 101 Å². The van der Waals surface area contributed by atoms with E-state index in [0.29, 0.717) is 0 Å². The van der Waals surface area contributed by atoms with Crippen LogP contribution in [0.2, 0.25) is 0 Å². The van der Waals surface area contributed by atoms with Crippen LogP contribution in [0.4, 0.5) is 0 Å². The lowest BCUT2D eigenvalue weighted by Gasteiger charge is -2.43. The van der Waals surface area contributed by atoms with Crippen molar-refractivity contribution in [2.75, 3.05) is 52.4 Å². The average Bonchev–Trinajstić information content (AvgIpc) is 2.67. The second-order valence-electron chi connectivity index (χ2n) is 10.1. The van der Waals surface area contributed by atoms with E-state index < -0.39 is 0 Å². The molecule has 0 aromatic rings. The average molecular weight is 364 g/mol. The smallest absolute Gasteiger partial charge is 0.0120 e. The van der Waals surface area contributed by atoms with Crippen molar-refractivity contribution in [2.24, 2.45) is 23.7 Å². The van der Waals surface area contributed by atoms with Crippen molar-refractivity contribution in [3.8, 4) is 0 Å². The molecule has 0 atom stereocenters. The predicted octanol–water partition coefficient (Wildman–Crippen LogP) is 4.19. The molecule has 26 heavy (non-hydrogen) atoms. The SMILES string of the molecule is CC(C)C1CCN(CCN2CCC(N3CCC(C(C)C)CC3)CC2)CC1. The van der Waals surface area contributed by atoms with Gasteiger partial charge in [-0.25, -0.2) is 0 Å². The minimum Gasteiger partial charge on any atom is -0.302 e. The maximum atomic E-state index is 2.83. The molecule has 0 aromatic heterocycles. The van der Waals surface area contributed by atoms with Gasteiger partial charge >= 0.3 is 0 Å². The lowest BCUT2D eigenvalue weighted by Crippen LogP contribution is -2.49. The van der Waals surface area contributed by atoms with Crippen molar-refractivity contribution in [1.82, 2.24) is 14.7 Å². The summed E-state index contributed by atoms with van der Waals surface area (Å²) in [6.45, 7) is 20.3. The highest BCUT2D eigenvalue weighted by Gasteiger charge is 2.29. The molecule has 0 radical (unpaired) electrons. The highest BCUT2D eigenvalue weighted by atomic mass is 15.2. The van der Waals surface area contributed by atoms with Crippen molar-refractivity contribution in [3.05, 3.63) is 0 Å². The van der Waals surface area contributed by atoms with Crippen LogP contribution in [-0.2, 0) is 0 Å². The van der Waals surface area contributed by atoms with E-state index in [1.54, 1.807) is 0 Å². The monoisotopic (exact) mass is 363 g/mol. The van der Waals surface area contributed by atoms with Crippen LogP contribution in [0.15, 0.2) is 0 Å². The molecule has 0 unspecified atom stereocenters. The van der Waals surface area contributed by atoms with Crippen molar-refractivity contribution in [2.45, 2.75) is 72.3 Å². The first-order valence-corrected chi connectivity index (χ1v) is 11.7. The second kappa shape index (κ2) is 9.89. The fourth-order valence-electron chi connectivity index (χ4n) is 5.59. The van der Waals surface area contributed by atoms with E-state index in [1.807, 2.05) is 0 Å². The molecule has 3 aliphatic rings. The Bertz CT molecular complexity index is 384. The maximum absolute atomic E-state index is 2.83. The van der Waals surface area contributed by atoms with Gasteiger partial charge in [0.2, 0.25) is 0 Å². The van der Waals surface area contributed by atoms with E-state index in [9.17, 15) is 0 Å². The summed E-state index contributed by atoms with van der Waals surface area (Å²) in [6.07, 6.45) is 8.52. The van der Waals surface area contributed by atoms with Crippen molar-refractivity contribution in [1.29, 1.82) is 0 Å². The first-order valence-electron chi connectivity index (χ1n) is 11.7. The van der Waals surface area contributed by atoms with Gasteiger partial charge in [-0.2, -0.15) is 0 Å². The van der Waals surface area contributed by atoms with Crippen molar-refractivity contribution < 1.29 is 0 Å². The molecule has 0 saturated carbocycles. The molecule has 0 aromatic carbocycles. The van der Waals surface area contributed by atoms with Crippen LogP contribution in [0.5, 0.6) is 0 Å². The third-order valence-electron chi connectivity index (χ3n) is 7.90. The molecule has 0 amide bonds. The number of nitrogens with zero attached hydrogens (tertiary/aromatic N) is 3. The van der Waals surface area contributed by atoms with Gasteiger partial charge in [0.15, 0.2) is 0 Å². The Hall–Kier alpha value is -0.120. The van der Waals surface area contributed by atoms with Gasteiger partial charge in [-0.3, -0.25) is 0 Å². The first-order chi connectivity index (χ1) is 12.5. The molecule has 3 saturated heterocycles. The van der Waals surface area contributed by atoms with Gasteiger partial charge in [0.05, 0.1) is 0 Å². The molecular formula is C23H45N3. The molecule has 0 spiro atoms. The van der Waals surface area contributed by atoms with Gasteiger partial charge < -0.3 is 14.7 Å². The third-order valence-corrected chi connectivity index (χ3v) is 7.90. The Morgan fingerprint density at radius 3 is 1.38 bits per heavy atom. The van der Waals surface area contributed by atoms with E-state index in [1.165, 1.54) is 90.9 Å². The van der Waals surface area contributed by atoms with Gasteiger partial charge in [0, 0.05) is 19.1 Å². The highest BCUT2D eigenvalue weighted by Crippen LogP contribution is 2.28. The predicted molar refractivity (Wildman–Crippen MR) is 113 cm³/mol. The van der Waals surface area contributed by atoms with E-state index in [4.69, 9.17) is 0 Å². The number of rotatable bonds is 6. The Labute approximate surface area is 163 Å². The normalized spacial score (nSPS) is 27.0. The Morgan fingerprint density at radius 2 is 0.962 bits per heavy atom. The summed E-state index contributed by atoms with van der Waals surface area (Å²) >= 11 is 0. The summed E-state index contributed by atoms with van der Waals surface area (Å²) in [5.41, 5.74) is 0. The highest BCUT2D eigenvalue weighted by molar-refractivity contribution is 4.84. The van der Waals surface area contributed by atoms with Crippen LogP contribution in [0.25, 0.3) is 0 Å². The van der Waals surface area contributed by atoms with E-state index >= 15 is 0 Å². The maximum Gasteiger partial charge on any atom is 0.0120 e. The molecule has 0 aliphatic carbocycles. The quantitative estimate of drug-likeness (QED) is 0.701. The van der Waals surface area contributed by atoms with E-state index in [0.717, 1.165) is 29.7 Å². The zero-order valence-electron chi connectivity index (χ0n) is 18.1. The topological polar surface area (TPSA) is 9.72 Å². The summed E-state index contributed by atoms with van der Waals surface area (Å²) in [7, 11) is 0. The van der Waals surface area contributed by atoms with Gasteiger partial charge in [0.25, 0.3) is 0 Å². The summed E-state index contributed by atoms with van der Waals surface area (Å²) in [5, 5.41) is 0. The Balaban J connectivity index is 1.30. The minimum atomic E-state index is 0.876. The second-order valence-corrected chi connectivity index (χ2v) is 10.1. The molecule has 0 N–H and O–H groups in total. The van der Waals surface area contributed by atoms with Crippen LogP contribution in [0.3, 0.4) is 0 Å². The summed E-state index contributed by atoms with van der Waals surface area (Å²) in [5.74, 6) is 3.71. The minimum absolute atomic E-state index is 0.876. The molecule has 152 valence electrons. The Morgan fingerprint density at radius 1 is 0.577 bits per heavy atom. The number of likely N-dealkylation sites (tertiary alicyclic amines) is 3. The summed E-state index contributed by atoms with van der Waals surface area (Å²) < 4.78 is 0. The molecule has 3 heterocycles. The van der Waals surface area contributed by atoms with Crippen LogP contribution in [-0.4, -0.2) is 73.1 Å². The number of piperidine rings is 3. The fraction of sp³-hybridized carbons (Fsp3) is 1.00. The third kappa shape index (κ3) is 5.69. The van der Waals surface area contributed by atoms with Gasteiger partial charge in [-0.15, -0.1) is 0 Å². The Kier molecular flexibility index (Phi) is 7.84. The zero-order valence-corrected chi connectivity index (χ0v) is 18.1. The lowest BCUT2D eigenvalue weighted by molar-refractivity contribution is 0.0630. The van der Waals surface area contributed by atoms with Crippen molar-refractivity contribution >= 4 is 0 Å². The van der Waals surface area contributed by atoms with E-state index in [2.05, 4.69) is 42.4 Å². The van der Waals surface area contributed by atoms with Crippen LogP contribution < -0.4 is 0 Å². The van der Waals surface area contributed by atoms with Crippen molar-refractivity contribution in [3.63, 3.8) is 0 Å². The van der Waals surface area contributed by atoms with Crippen LogP contribution >= 0.6 is 0 Å². The largest absolute Gasteiger partial charge is 0.302 e. The lowest BCUT2D eigenvalue weighted by atomic mass is 9.85. The number of hydrogen-bond acceptors (Lipinski definition) is 3. The van der Waals surface area contributed by atoms with Gasteiger partial charge in [-0.1, -0.05) is 27.7 Å². The molecule has 3 nitrogen and oxygen atoms in total. The summed E-state index contributed by atoms with van der Waals surface area (Å²) in [6, 6.07) is 0.876. The summed E-state index contributed by atoms with van der Waals surface area (Å²) in [4.78, 5) is 8.29. The molecule has 3 aliphatic heterocycles. The number of hydrogen-bond donors (Lipinski definition) is 0. The first kappa shape index (κ1) is 20.6. The van der Waals surface area contributed by atoms with Crippen LogP contribution in [0.1, 0.15) is 66.2 Å². The molecule has 0 bridgehead atoms. The molecule has 3 rings (SSSR count). The molecule has 3 heteroatoms. The standard InChI is InChI=1S/C23H45N3/c1-19(2)21-5-11-24(12-6-21)17-18-25-13-9-23(10-14-25)26-15-7-22(8-16-26)20(3)4/h19-23H,5-18H2,1-4H3. The molecular weight excluding hydrogens is 318 g/mol. The van der Waals surface area contributed by atoms with Gasteiger partial charge in [0.1, 0.15) is 0 Å². The fourth-order valence-corrected chi connectivity index (χ4v) is 5.59. The zero-order chi connectivity index (χ0) is 18.5. The van der Waals surface area contributed by atoms with E-state index in [-0.39, 0.29) is 0 Å².